The average molecular weight is 161 g/mol. The van der Waals surface area contributed by atoms with Crippen molar-refractivity contribution >= 4 is 6.21 Å². The normalized spacial score (nSPS) is 23.6. The summed E-state index contributed by atoms with van der Waals surface area (Å²) in [6, 6.07) is 0. The zero-order valence-electron chi connectivity index (χ0n) is 5.81. The van der Waals surface area contributed by atoms with Crippen molar-refractivity contribution in [2.75, 3.05) is 0 Å². The van der Waals surface area contributed by atoms with Crippen molar-refractivity contribution in [2.45, 2.75) is 13.1 Å². The Morgan fingerprint density at radius 1 is 1.55 bits per heavy atom. The van der Waals surface area contributed by atoms with Crippen molar-refractivity contribution < 1.29 is 13.2 Å². The minimum atomic E-state index is -4.23. The molecule has 0 aromatic rings. The molecule has 4 heteroatoms. The molecule has 0 radical (unpaired) electrons. The van der Waals surface area contributed by atoms with Crippen LogP contribution in [0.1, 0.15) is 6.92 Å². The molecule has 0 saturated heterocycles. The molecule has 11 heavy (non-hydrogen) atoms. The minimum absolute atomic E-state index is 0.160. The smallest absolute Gasteiger partial charge is 0.260 e. The largest absolute Gasteiger partial charge is 0.400 e. The summed E-state index contributed by atoms with van der Waals surface area (Å²) in [5.41, 5.74) is 2.57. The van der Waals surface area contributed by atoms with E-state index in [1.807, 2.05) is 0 Å². The van der Waals surface area contributed by atoms with Gasteiger partial charge in [-0.1, -0.05) is 0 Å². The number of alkyl halides is 3. The van der Waals surface area contributed by atoms with E-state index in [4.69, 9.17) is 0 Å². The Morgan fingerprint density at radius 2 is 2.18 bits per heavy atom. The van der Waals surface area contributed by atoms with E-state index in [0.29, 0.717) is 0 Å². The summed E-state index contributed by atoms with van der Waals surface area (Å²) in [5.74, 6) is -1.55. The van der Waals surface area contributed by atoms with Crippen LogP contribution in [0.2, 0.25) is 0 Å². The van der Waals surface area contributed by atoms with Gasteiger partial charge in [0, 0.05) is 6.21 Å². The lowest BCUT2D eigenvalue weighted by Crippen LogP contribution is -2.25. The molecule has 1 unspecified atom stereocenters. The highest BCUT2D eigenvalue weighted by Gasteiger charge is 2.39. The van der Waals surface area contributed by atoms with E-state index in [1.165, 1.54) is 13.1 Å². The summed E-state index contributed by atoms with van der Waals surface area (Å²) >= 11 is 0. The topological polar surface area (TPSA) is 12.4 Å². The van der Waals surface area contributed by atoms with E-state index in [-0.39, 0.29) is 5.57 Å². The van der Waals surface area contributed by atoms with E-state index < -0.39 is 12.1 Å². The molecule has 0 aromatic carbocycles. The number of hydrogen-bond acceptors (Lipinski definition) is 1. The second-order valence-electron chi connectivity index (χ2n) is 2.27. The predicted octanol–water partition coefficient (Wildman–Crippen LogP) is 2.31. The first-order chi connectivity index (χ1) is 5.02. The fraction of sp³-hybridized carbons (Fsp3) is 0.429. The van der Waals surface area contributed by atoms with Gasteiger partial charge in [0.25, 0.3) is 0 Å². The molecule has 60 valence electrons. The number of hydrogen-bond donors (Lipinski definition) is 0. The molecule has 0 fully saturated rings. The summed E-state index contributed by atoms with van der Waals surface area (Å²) in [7, 11) is 0. The number of halogens is 3. The molecule has 0 aliphatic carbocycles. The maximum absolute atomic E-state index is 12.0. The molecule has 1 aliphatic rings. The molecule has 0 amide bonds. The highest BCUT2D eigenvalue weighted by atomic mass is 19.4. The van der Waals surface area contributed by atoms with Gasteiger partial charge in [0.05, 0.1) is 6.20 Å². The molecule has 1 rings (SSSR count). The van der Waals surface area contributed by atoms with Crippen LogP contribution in [0.5, 0.6) is 0 Å². The van der Waals surface area contributed by atoms with Crippen LogP contribution >= 0.6 is 0 Å². The first-order valence-electron chi connectivity index (χ1n) is 3.03. The standard InChI is InChI=1S/C7H6F3N/c1-5-2-3-11-4-6(5)7(8,9)10/h3-4,6H,1H3. The van der Waals surface area contributed by atoms with Crippen LogP contribution in [0.25, 0.3) is 0 Å². The summed E-state index contributed by atoms with van der Waals surface area (Å²) in [6.45, 7) is 1.39. The Hall–Kier alpha value is -1.02. The monoisotopic (exact) mass is 161 g/mol. The maximum atomic E-state index is 12.0. The molecule has 0 spiro atoms. The molecule has 0 saturated carbocycles. The molecule has 1 heterocycles. The second-order valence-corrected chi connectivity index (χ2v) is 2.27. The summed E-state index contributed by atoms with van der Waals surface area (Å²) in [4.78, 5) is 3.37. The van der Waals surface area contributed by atoms with E-state index in [1.54, 1.807) is 0 Å². The van der Waals surface area contributed by atoms with Crippen LogP contribution in [0.15, 0.2) is 22.5 Å². The van der Waals surface area contributed by atoms with Gasteiger partial charge in [-0.15, -0.1) is 5.73 Å². The summed E-state index contributed by atoms with van der Waals surface area (Å²) in [5, 5.41) is 0. The van der Waals surface area contributed by atoms with Gasteiger partial charge in [0.15, 0.2) is 0 Å². The number of allylic oxidation sites excluding steroid dienone is 1. The first-order valence-corrected chi connectivity index (χ1v) is 3.03. The van der Waals surface area contributed by atoms with Gasteiger partial charge in [-0.05, 0) is 12.5 Å². The molecule has 0 aromatic heterocycles. The Kier molecular flexibility index (Phi) is 1.87. The average Bonchev–Trinajstić information content (AvgIpc) is 1.86. The van der Waals surface area contributed by atoms with Gasteiger partial charge in [0.1, 0.15) is 5.92 Å². The van der Waals surface area contributed by atoms with E-state index >= 15 is 0 Å². The third kappa shape index (κ3) is 1.71. The third-order valence-corrected chi connectivity index (χ3v) is 1.42. The van der Waals surface area contributed by atoms with Gasteiger partial charge in [-0.25, -0.2) is 0 Å². The van der Waals surface area contributed by atoms with Gasteiger partial charge >= 0.3 is 6.18 Å². The molecule has 1 atom stereocenters. The Morgan fingerprint density at radius 3 is 2.55 bits per heavy atom. The lowest BCUT2D eigenvalue weighted by atomic mass is 10.0. The molecular weight excluding hydrogens is 155 g/mol. The van der Waals surface area contributed by atoms with E-state index in [9.17, 15) is 13.2 Å². The van der Waals surface area contributed by atoms with E-state index in [0.717, 1.165) is 6.21 Å². The van der Waals surface area contributed by atoms with Crippen molar-refractivity contribution in [1.29, 1.82) is 0 Å². The quantitative estimate of drug-likeness (QED) is 0.483. The van der Waals surface area contributed by atoms with Gasteiger partial charge < -0.3 is 0 Å². The lowest BCUT2D eigenvalue weighted by molar-refractivity contribution is -0.145. The van der Waals surface area contributed by atoms with Gasteiger partial charge in [-0.2, -0.15) is 13.2 Å². The zero-order valence-corrected chi connectivity index (χ0v) is 5.81. The zero-order chi connectivity index (χ0) is 8.48. The SMILES string of the molecule is CC1=C=CN=CC1C(F)(F)F. The number of aliphatic imine (C=N–C) groups is 1. The maximum Gasteiger partial charge on any atom is 0.400 e. The summed E-state index contributed by atoms with van der Waals surface area (Å²) in [6.07, 6.45) is -2.11. The van der Waals surface area contributed by atoms with Crippen LogP contribution in [0.4, 0.5) is 13.2 Å². The van der Waals surface area contributed by atoms with Crippen LogP contribution in [-0.4, -0.2) is 12.4 Å². The fourth-order valence-electron chi connectivity index (χ4n) is 0.800. The third-order valence-electron chi connectivity index (χ3n) is 1.42. The van der Waals surface area contributed by atoms with Crippen LogP contribution < -0.4 is 0 Å². The highest BCUT2D eigenvalue weighted by molar-refractivity contribution is 5.67. The van der Waals surface area contributed by atoms with Crippen LogP contribution in [0.3, 0.4) is 0 Å². The van der Waals surface area contributed by atoms with Crippen molar-refractivity contribution in [3.63, 3.8) is 0 Å². The minimum Gasteiger partial charge on any atom is -0.260 e. The lowest BCUT2D eigenvalue weighted by Gasteiger charge is -2.16. The van der Waals surface area contributed by atoms with Gasteiger partial charge in [-0.3, -0.25) is 4.99 Å². The summed E-state index contributed by atoms with van der Waals surface area (Å²) < 4.78 is 36.1. The van der Waals surface area contributed by atoms with Crippen molar-refractivity contribution in [1.82, 2.24) is 0 Å². The molecule has 0 N–H and O–H groups in total. The molecule has 1 aliphatic heterocycles. The Labute approximate surface area is 61.9 Å². The van der Waals surface area contributed by atoms with E-state index in [2.05, 4.69) is 10.7 Å². The molecule has 1 nitrogen and oxygen atoms in total. The Bertz CT molecular complexity index is 243. The fourth-order valence-corrected chi connectivity index (χ4v) is 0.800. The molecular formula is C7H6F3N. The molecule has 0 bridgehead atoms. The van der Waals surface area contributed by atoms with Crippen LogP contribution in [-0.2, 0) is 0 Å². The second kappa shape index (κ2) is 2.55. The predicted molar refractivity (Wildman–Crippen MR) is 35.3 cm³/mol. The Balaban J connectivity index is 2.92. The highest BCUT2D eigenvalue weighted by Crippen LogP contribution is 2.30. The van der Waals surface area contributed by atoms with Crippen molar-refractivity contribution in [2.24, 2.45) is 10.9 Å². The van der Waals surface area contributed by atoms with Crippen LogP contribution in [0, 0.1) is 5.92 Å². The van der Waals surface area contributed by atoms with Gasteiger partial charge in [0.2, 0.25) is 0 Å². The number of nitrogens with zero attached hydrogens (tertiary/aromatic N) is 1. The first kappa shape index (κ1) is 8.08. The van der Waals surface area contributed by atoms with Crippen molar-refractivity contribution in [3.8, 4) is 0 Å². The number of rotatable bonds is 0. The van der Waals surface area contributed by atoms with Crippen molar-refractivity contribution in [3.05, 3.63) is 17.5 Å².